The number of hydrogen-bond acceptors (Lipinski definition) is 3. The lowest BCUT2D eigenvalue weighted by Gasteiger charge is -2.48. The van der Waals surface area contributed by atoms with E-state index in [1.165, 1.54) is 52.8 Å². The molecule has 1 aliphatic heterocycles. The van der Waals surface area contributed by atoms with Crippen molar-refractivity contribution in [2.45, 2.75) is 64.0 Å². The van der Waals surface area contributed by atoms with E-state index in [1.54, 1.807) is 0 Å². The summed E-state index contributed by atoms with van der Waals surface area (Å²) >= 11 is 5.60. The van der Waals surface area contributed by atoms with Crippen LogP contribution in [0.1, 0.15) is 61.9 Å². The number of thiophene rings is 1. The van der Waals surface area contributed by atoms with Crippen LogP contribution in [0, 0.1) is 12.8 Å². The van der Waals surface area contributed by atoms with Gasteiger partial charge >= 0.3 is 0 Å². The SMILES string of the molecule is CCCNC(c1cc(C)c(Br)s1)C1CCOC2(CCC2)C1. The summed E-state index contributed by atoms with van der Waals surface area (Å²) in [6.45, 7) is 6.49. The lowest BCUT2D eigenvalue weighted by atomic mass is 9.70. The van der Waals surface area contributed by atoms with Crippen LogP contribution in [0.3, 0.4) is 0 Å². The molecule has 21 heavy (non-hydrogen) atoms. The summed E-state index contributed by atoms with van der Waals surface area (Å²) in [4.78, 5) is 1.49. The van der Waals surface area contributed by atoms with Crippen LogP contribution in [-0.2, 0) is 4.74 Å². The number of ether oxygens (including phenoxy) is 1. The normalized spacial score (nSPS) is 25.8. The molecule has 3 rings (SSSR count). The number of rotatable bonds is 5. The maximum absolute atomic E-state index is 6.12. The van der Waals surface area contributed by atoms with Crippen molar-refractivity contribution in [1.82, 2.24) is 5.32 Å². The van der Waals surface area contributed by atoms with Gasteiger partial charge in [-0.3, -0.25) is 0 Å². The molecule has 1 saturated heterocycles. The first kappa shape index (κ1) is 16.0. The Labute approximate surface area is 140 Å². The lowest BCUT2D eigenvalue weighted by molar-refractivity contribution is -0.147. The van der Waals surface area contributed by atoms with Crippen molar-refractivity contribution in [2.75, 3.05) is 13.2 Å². The molecular weight excluding hydrogens is 346 g/mol. The first-order chi connectivity index (χ1) is 10.1. The summed E-state index contributed by atoms with van der Waals surface area (Å²) in [6.07, 6.45) is 7.52. The first-order valence-electron chi connectivity index (χ1n) is 8.27. The van der Waals surface area contributed by atoms with Gasteiger partial charge in [-0.1, -0.05) is 6.92 Å². The molecule has 0 radical (unpaired) electrons. The fourth-order valence-corrected chi connectivity index (χ4v) is 5.45. The maximum Gasteiger partial charge on any atom is 0.0731 e. The zero-order chi connectivity index (χ0) is 14.9. The third-order valence-corrected chi connectivity index (χ3v) is 7.28. The van der Waals surface area contributed by atoms with E-state index in [1.807, 2.05) is 11.3 Å². The average Bonchev–Trinajstić information content (AvgIpc) is 2.77. The van der Waals surface area contributed by atoms with Gasteiger partial charge in [0.15, 0.2) is 0 Å². The Bertz CT molecular complexity index is 464. The third-order valence-electron chi connectivity index (χ3n) is 5.06. The van der Waals surface area contributed by atoms with Gasteiger partial charge in [0.25, 0.3) is 0 Å². The van der Waals surface area contributed by atoms with Crippen LogP contribution in [0.15, 0.2) is 9.85 Å². The molecule has 2 aliphatic rings. The minimum Gasteiger partial charge on any atom is -0.375 e. The Morgan fingerprint density at radius 3 is 2.90 bits per heavy atom. The molecule has 2 heterocycles. The van der Waals surface area contributed by atoms with Crippen molar-refractivity contribution in [3.05, 3.63) is 20.3 Å². The molecule has 1 N–H and O–H groups in total. The number of nitrogens with one attached hydrogen (secondary N) is 1. The number of halogens is 1. The zero-order valence-electron chi connectivity index (χ0n) is 13.1. The molecule has 1 aliphatic carbocycles. The molecule has 1 aromatic rings. The van der Waals surface area contributed by atoms with Gasteiger partial charge in [-0.2, -0.15) is 0 Å². The van der Waals surface area contributed by atoms with Gasteiger partial charge in [-0.15, -0.1) is 11.3 Å². The summed E-state index contributed by atoms with van der Waals surface area (Å²) in [7, 11) is 0. The average molecular weight is 372 g/mol. The van der Waals surface area contributed by atoms with E-state index >= 15 is 0 Å². The molecule has 2 fully saturated rings. The van der Waals surface area contributed by atoms with E-state index in [0.717, 1.165) is 19.1 Å². The highest BCUT2D eigenvalue weighted by Crippen LogP contribution is 2.48. The van der Waals surface area contributed by atoms with Gasteiger partial charge in [0.1, 0.15) is 0 Å². The molecule has 0 aromatic carbocycles. The first-order valence-corrected chi connectivity index (χ1v) is 9.88. The third kappa shape index (κ3) is 3.39. The van der Waals surface area contributed by atoms with Crippen molar-refractivity contribution in [3.63, 3.8) is 0 Å². The van der Waals surface area contributed by atoms with Gasteiger partial charge in [0.05, 0.1) is 9.39 Å². The second kappa shape index (κ2) is 6.69. The van der Waals surface area contributed by atoms with Crippen molar-refractivity contribution < 1.29 is 4.74 Å². The van der Waals surface area contributed by atoms with Gasteiger partial charge in [0.2, 0.25) is 0 Å². The van der Waals surface area contributed by atoms with Crippen molar-refractivity contribution in [2.24, 2.45) is 5.92 Å². The molecule has 1 aromatic heterocycles. The van der Waals surface area contributed by atoms with E-state index in [0.29, 0.717) is 6.04 Å². The molecule has 2 unspecified atom stereocenters. The van der Waals surface area contributed by atoms with Crippen molar-refractivity contribution in [3.8, 4) is 0 Å². The molecule has 118 valence electrons. The van der Waals surface area contributed by atoms with Crippen molar-refractivity contribution >= 4 is 27.3 Å². The van der Waals surface area contributed by atoms with Crippen LogP contribution in [-0.4, -0.2) is 18.8 Å². The van der Waals surface area contributed by atoms with E-state index in [4.69, 9.17) is 4.74 Å². The summed E-state index contributed by atoms with van der Waals surface area (Å²) in [5.41, 5.74) is 1.60. The van der Waals surface area contributed by atoms with Crippen LogP contribution in [0.5, 0.6) is 0 Å². The van der Waals surface area contributed by atoms with E-state index in [-0.39, 0.29) is 5.60 Å². The predicted molar refractivity (Wildman–Crippen MR) is 93.0 cm³/mol. The summed E-state index contributed by atoms with van der Waals surface area (Å²) in [6, 6.07) is 2.87. The van der Waals surface area contributed by atoms with Crippen LogP contribution in [0.2, 0.25) is 0 Å². The Hall–Kier alpha value is 0.1000. The monoisotopic (exact) mass is 371 g/mol. The summed E-state index contributed by atoms with van der Waals surface area (Å²) in [5, 5.41) is 3.82. The van der Waals surface area contributed by atoms with Gasteiger partial charge in [-0.05, 0) is 85.5 Å². The largest absolute Gasteiger partial charge is 0.375 e. The lowest BCUT2D eigenvalue weighted by Crippen LogP contribution is -2.48. The Kier molecular flexibility index (Phi) is 5.09. The molecule has 4 heteroatoms. The molecular formula is C17H26BrNOS. The van der Waals surface area contributed by atoms with Gasteiger partial charge < -0.3 is 10.1 Å². The molecule has 0 amide bonds. The second-order valence-electron chi connectivity index (χ2n) is 6.68. The highest BCUT2D eigenvalue weighted by molar-refractivity contribution is 9.11. The molecule has 1 saturated carbocycles. The Balaban J connectivity index is 1.77. The van der Waals surface area contributed by atoms with Crippen LogP contribution in [0.25, 0.3) is 0 Å². The van der Waals surface area contributed by atoms with Crippen LogP contribution < -0.4 is 5.32 Å². The van der Waals surface area contributed by atoms with Gasteiger partial charge in [0, 0.05) is 17.5 Å². The van der Waals surface area contributed by atoms with E-state index in [2.05, 4.69) is 41.2 Å². The highest BCUT2D eigenvalue weighted by Gasteiger charge is 2.44. The topological polar surface area (TPSA) is 21.3 Å². The molecule has 0 bridgehead atoms. The standard InChI is InChI=1S/C17H26BrNOS/c1-3-8-19-15(14-10-12(2)16(18)21-14)13-5-9-20-17(11-13)6-4-7-17/h10,13,15,19H,3-9,11H2,1-2H3. The minimum atomic E-state index is 0.235. The molecule has 1 spiro atoms. The summed E-state index contributed by atoms with van der Waals surface area (Å²) in [5.74, 6) is 0.718. The second-order valence-corrected chi connectivity index (χ2v) is 9.08. The Morgan fingerprint density at radius 2 is 2.33 bits per heavy atom. The quantitative estimate of drug-likeness (QED) is 0.766. The highest BCUT2D eigenvalue weighted by atomic mass is 79.9. The fourth-order valence-electron chi connectivity index (χ4n) is 3.71. The van der Waals surface area contributed by atoms with Crippen LogP contribution in [0.4, 0.5) is 0 Å². The Morgan fingerprint density at radius 1 is 1.52 bits per heavy atom. The number of hydrogen-bond donors (Lipinski definition) is 1. The van der Waals surface area contributed by atoms with E-state index in [9.17, 15) is 0 Å². The maximum atomic E-state index is 6.12. The van der Waals surface area contributed by atoms with Crippen LogP contribution >= 0.6 is 27.3 Å². The molecule has 2 atom stereocenters. The fraction of sp³-hybridized carbons (Fsp3) is 0.765. The van der Waals surface area contributed by atoms with E-state index < -0.39 is 0 Å². The number of aryl methyl sites for hydroxylation is 1. The smallest absolute Gasteiger partial charge is 0.0731 e. The molecule has 2 nitrogen and oxygen atoms in total. The minimum absolute atomic E-state index is 0.235. The zero-order valence-corrected chi connectivity index (χ0v) is 15.5. The summed E-state index contributed by atoms with van der Waals surface area (Å²) < 4.78 is 7.40. The predicted octanol–water partition coefficient (Wildman–Crippen LogP) is 5.21. The van der Waals surface area contributed by atoms with Crippen molar-refractivity contribution in [1.29, 1.82) is 0 Å². The van der Waals surface area contributed by atoms with Gasteiger partial charge in [-0.25, -0.2) is 0 Å².